The molecule has 0 aliphatic heterocycles. The van der Waals surface area contributed by atoms with Crippen molar-refractivity contribution in [1.82, 2.24) is 20.5 Å². The van der Waals surface area contributed by atoms with Crippen molar-refractivity contribution in [3.05, 3.63) is 24.3 Å². The number of nitrogens with one attached hydrogen (secondary N) is 2. The normalized spacial score (nSPS) is 12.2. The molecule has 1 aromatic heterocycles. The molecule has 2 aromatic rings. The molecule has 6 nitrogen and oxygen atoms in total. The Morgan fingerprint density at radius 3 is 2.62 bits per heavy atom. The monoisotopic (exact) mass is 376 g/mol. The molecule has 1 atom stereocenters. The molecule has 142 valence electrons. The molecule has 7 heteroatoms. The molecule has 0 unspecified atom stereocenters. The molecule has 0 aliphatic carbocycles. The molecule has 0 fully saturated rings. The summed E-state index contributed by atoms with van der Waals surface area (Å²) in [6.45, 7) is 6.49. The number of methoxy groups -OCH3 is 1. The third kappa shape index (κ3) is 6.71. The summed E-state index contributed by atoms with van der Waals surface area (Å²) in [5.41, 5.74) is 0.924. The standard InChI is InChI=1S/C19H28N4O2S/c1-13(2)6-5-7-14(3)20-17(24)12-26-19-21-18(22-23-19)15-8-10-16(25-4)11-9-15/h8-11,13-14H,5-7,12H2,1-4H3,(H,20,24)(H,21,22,23)/t14-/m1/s1. The van der Waals surface area contributed by atoms with Gasteiger partial charge in [-0.1, -0.05) is 38.5 Å². The number of carbonyl (C=O) groups excluding carboxylic acids is 1. The molecule has 2 N–H and O–H groups in total. The third-order valence-corrected chi connectivity index (χ3v) is 4.83. The smallest absolute Gasteiger partial charge is 0.230 e. The SMILES string of the molecule is COc1ccc(-c2nc(SCC(=O)N[C@H](C)CCCC(C)C)n[nH]2)cc1. The van der Waals surface area contributed by atoms with Crippen molar-refractivity contribution in [2.45, 2.75) is 51.2 Å². The number of ether oxygens (including phenoxy) is 1. The van der Waals surface area contributed by atoms with Gasteiger partial charge in [0.25, 0.3) is 0 Å². The van der Waals surface area contributed by atoms with Crippen LogP contribution >= 0.6 is 11.8 Å². The van der Waals surface area contributed by atoms with E-state index >= 15 is 0 Å². The van der Waals surface area contributed by atoms with Gasteiger partial charge in [0.15, 0.2) is 5.82 Å². The lowest BCUT2D eigenvalue weighted by Gasteiger charge is -2.14. The topological polar surface area (TPSA) is 79.9 Å². The summed E-state index contributed by atoms with van der Waals surface area (Å²) in [5.74, 6) is 2.51. The number of amides is 1. The average Bonchev–Trinajstić information content (AvgIpc) is 3.08. The maximum atomic E-state index is 12.1. The second-order valence-corrected chi connectivity index (χ2v) is 7.72. The number of rotatable bonds is 10. The molecule has 0 saturated carbocycles. The van der Waals surface area contributed by atoms with Crippen LogP contribution in [0.25, 0.3) is 11.4 Å². The number of hydrogen-bond donors (Lipinski definition) is 2. The van der Waals surface area contributed by atoms with Crippen molar-refractivity contribution in [2.75, 3.05) is 12.9 Å². The molecular formula is C19H28N4O2S. The highest BCUT2D eigenvalue weighted by molar-refractivity contribution is 7.99. The molecular weight excluding hydrogens is 348 g/mol. The van der Waals surface area contributed by atoms with E-state index in [1.165, 1.54) is 18.2 Å². The number of carbonyl (C=O) groups is 1. The molecule has 0 radical (unpaired) electrons. The maximum absolute atomic E-state index is 12.1. The first kappa shape index (κ1) is 20.3. The van der Waals surface area contributed by atoms with Gasteiger partial charge in [-0.2, -0.15) is 0 Å². The largest absolute Gasteiger partial charge is 0.497 e. The maximum Gasteiger partial charge on any atom is 0.230 e. The number of thioether (sulfide) groups is 1. The van der Waals surface area contributed by atoms with E-state index in [-0.39, 0.29) is 11.9 Å². The Morgan fingerprint density at radius 2 is 1.96 bits per heavy atom. The highest BCUT2D eigenvalue weighted by Crippen LogP contribution is 2.21. The van der Waals surface area contributed by atoms with Crippen molar-refractivity contribution >= 4 is 17.7 Å². The van der Waals surface area contributed by atoms with Gasteiger partial charge in [-0.25, -0.2) is 4.98 Å². The number of H-pyrrole nitrogens is 1. The summed E-state index contributed by atoms with van der Waals surface area (Å²) in [6.07, 6.45) is 3.34. The summed E-state index contributed by atoms with van der Waals surface area (Å²) < 4.78 is 5.15. The van der Waals surface area contributed by atoms with E-state index in [4.69, 9.17) is 4.74 Å². The first-order chi connectivity index (χ1) is 12.5. The average molecular weight is 377 g/mol. The molecule has 26 heavy (non-hydrogen) atoms. The number of aromatic amines is 1. The summed E-state index contributed by atoms with van der Waals surface area (Å²) in [6, 6.07) is 7.78. The van der Waals surface area contributed by atoms with Gasteiger partial charge in [-0.15, -0.1) is 5.10 Å². The fourth-order valence-corrected chi connectivity index (χ4v) is 3.15. The molecule has 1 heterocycles. The lowest BCUT2D eigenvalue weighted by atomic mass is 10.0. The van der Waals surface area contributed by atoms with Gasteiger partial charge in [-0.05, 0) is 43.5 Å². The predicted molar refractivity (Wildman–Crippen MR) is 105 cm³/mol. The second kappa shape index (κ2) is 10.2. The van der Waals surface area contributed by atoms with E-state index in [1.54, 1.807) is 7.11 Å². The van der Waals surface area contributed by atoms with Gasteiger partial charge in [0.2, 0.25) is 11.1 Å². The van der Waals surface area contributed by atoms with Crippen molar-refractivity contribution in [2.24, 2.45) is 5.92 Å². The zero-order chi connectivity index (χ0) is 18.9. The third-order valence-electron chi connectivity index (χ3n) is 3.99. The number of aromatic nitrogens is 3. The number of hydrogen-bond acceptors (Lipinski definition) is 5. The summed E-state index contributed by atoms with van der Waals surface area (Å²) >= 11 is 1.33. The van der Waals surface area contributed by atoms with E-state index < -0.39 is 0 Å². The van der Waals surface area contributed by atoms with E-state index in [1.807, 2.05) is 24.3 Å². The van der Waals surface area contributed by atoms with Crippen LogP contribution < -0.4 is 10.1 Å². The van der Waals surface area contributed by atoms with E-state index in [0.29, 0.717) is 22.7 Å². The summed E-state index contributed by atoms with van der Waals surface area (Å²) in [7, 11) is 1.63. The van der Waals surface area contributed by atoms with Gasteiger partial charge in [-0.3, -0.25) is 9.89 Å². The second-order valence-electron chi connectivity index (χ2n) is 6.78. The molecule has 0 aliphatic rings. The minimum Gasteiger partial charge on any atom is -0.497 e. The van der Waals surface area contributed by atoms with Gasteiger partial charge in [0.05, 0.1) is 12.9 Å². The van der Waals surface area contributed by atoms with Gasteiger partial charge in [0.1, 0.15) is 5.75 Å². The van der Waals surface area contributed by atoms with Crippen LogP contribution in [0, 0.1) is 5.92 Å². The molecule has 1 amide bonds. The summed E-state index contributed by atoms with van der Waals surface area (Å²) in [5, 5.41) is 10.7. The van der Waals surface area contributed by atoms with Crippen LogP contribution in [0.5, 0.6) is 5.75 Å². The van der Waals surface area contributed by atoms with E-state index in [9.17, 15) is 4.79 Å². The van der Waals surface area contributed by atoms with Crippen LogP contribution in [0.15, 0.2) is 29.4 Å². The van der Waals surface area contributed by atoms with Gasteiger partial charge < -0.3 is 10.1 Å². The van der Waals surface area contributed by atoms with E-state index in [0.717, 1.165) is 24.2 Å². The number of benzene rings is 1. The Morgan fingerprint density at radius 1 is 1.23 bits per heavy atom. The molecule has 1 aromatic carbocycles. The summed E-state index contributed by atoms with van der Waals surface area (Å²) in [4.78, 5) is 16.5. The van der Waals surface area contributed by atoms with Crippen LogP contribution in [0.1, 0.15) is 40.0 Å². The first-order valence-electron chi connectivity index (χ1n) is 8.97. The lowest BCUT2D eigenvalue weighted by Crippen LogP contribution is -2.33. The van der Waals surface area contributed by atoms with E-state index in [2.05, 4.69) is 41.3 Å². The minimum absolute atomic E-state index is 0.0165. The minimum atomic E-state index is 0.0165. The number of nitrogens with zero attached hydrogens (tertiary/aromatic N) is 2. The fraction of sp³-hybridized carbons (Fsp3) is 0.526. The van der Waals surface area contributed by atoms with Crippen molar-refractivity contribution < 1.29 is 9.53 Å². The van der Waals surface area contributed by atoms with Crippen LogP contribution in [0.3, 0.4) is 0 Å². The molecule has 0 saturated heterocycles. The van der Waals surface area contributed by atoms with Gasteiger partial charge in [0, 0.05) is 11.6 Å². The zero-order valence-electron chi connectivity index (χ0n) is 15.9. The molecule has 2 rings (SSSR count). The highest BCUT2D eigenvalue weighted by atomic mass is 32.2. The molecule has 0 spiro atoms. The molecule has 0 bridgehead atoms. The Bertz CT molecular complexity index is 685. The Balaban J connectivity index is 1.77. The van der Waals surface area contributed by atoms with Crippen molar-refractivity contribution in [3.63, 3.8) is 0 Å². The van der Waals surface area contributed by atoms with Crippen molar-refractivity contribution in [3.8, 4) is 17.1 Å². The van der Waals surface area contributed by atoms with Crippen LogP contribution in [0.2, 0.25) is 0 Å². The first-order valence-corrected chi connectivity index (χ1v) is 9.95. The fourth-order valence-electron chi connectivity index (χ4n) is 2.54. The Labute approximate surface area is 159 Å². The van der Waals surface area contributed by atoms with Crippen LogP contribution in [-0.2, 0) is 4.79 Å². The zero-order valence-corrected chi connectivity index (χ0v) is 16.7. The Kier molecular flexibility index (Phi) is 7.97. The van der Waals surface area contributed by atoms with Crippen molar-refractivity contribution in [1.29, 1.82) is 0 Å². The lowest BCUT2D eigenvalue weighted by molar-refractivity contribution is -0.119. The highest BCUT2D eigenvalue weighted by Gasteiger charge is 2.11. The quantitative estimate of drug-likeness (QED) is 0.615. The van der Waals surface area contributed by atoms with Gasteiger partial charge >= 0.3 is 0 Å². The predicted octanol–water partition coefficient (Wildman–Crippen LogP) is 3.90. The Hall–Kier alpha value is -2.02. The van der Waals surface area contributed by atoms with Crippen LogP contribution in [0.4, 0.5) is 0 Å². The van der Waals surface area contributed by atoms with Crippen LogP contribution in [-0.4, -0.2) is 40.0 Å².